The van der Waals surface area contributed by atoms with Crippen LogP contribution in [0.15, 0.2) is 0 Å². The van der Waals surface area contributed by atoms with Gasteiger partial charge in [0.1, 0.15) is 0 Å². The first-order valence-corrected chi connectivity index (χ1v) is 6.32. The van der Waals surface area contributed by atoms with Gasteiger partial charge in [0, 0.05) is 5.38 Å². The van der Waals surface area contributed by atoms with E-state index in [2.05, 4.69) is 20.8 Å². The van der Waals surface area contributed by atoms with Crippen LogP contribution in [0.3, 0.4) is 0 Å². The maximum Gasteiger partial charge on any atom is 0.0333 e. The fraction of sp³-hybridized carbons (Fsp3) is 1.00. The minimum absolute atomic E-state index is 0.413. The second-order valence-electron chi connectivity index (χ2n) is 4.00. The van der Waals surface area contributed by atoms with E-state index in [0.29, 0.717) is 5.38 Å². The Balaban J connectivity index is 3.46. The molecule has 0 aliphatic heterocycles. The lowest BCUT2D eigenvalue weighted by Gasteiger charge is -2.15. The van der Waals surface area contributed by atoms with E-state index in [0.717, 1.165) is 12.3 Å². The van der Waals surface area contributed by atoms with Crippen molar-refractivity contribution in [3.05, 3.63) is 0 Å². The van der Waals surface area contributed by atoms with E-state index >= 15 is 0 Å². The van der Waals surface area contributed by atoms with Crippen LogP contribution in [0.25, 0.3) is 0 Å². The average Bonchev–Trinajstić information content (AvgIpc) is 2.17. The van der Waals surface area contributed by atoms with Crippen molar-refractivity contribution in [3.63, 3.8) is 0 Å². The van der Waals surface area contributed by atoms with Crippen LogP contribution in [0.2, 0.25) is 0 Å². The van der Waals surface area contributed by atoms with Gasteiger partial charge in [-0.05, 0) is 25.2 Å². The number of unbranched alkanes of at least 4 members (excludes halogenated alkanes) is 1. The molecule has 0 fully saturated rings. The normalized spacial score (nSPS) is 15.7. The molecule has 0 amide bonds. The van der Waals surface area contributed by atoms with Gasteiger partial charge >= 0.3 is 0 Å². The molecule has 2 atom stereocenters. The van der Waals surface area contributed by atoms with E-state index in [9.17, 15) is 0 Å². The highest BCUT2D eigenvalue weighted by Crippen LogP contribution is 2.21. The van der Waals surface area contributed by atoms with Gasteiger partial charge in [0.25, 0.3) is 0 Å². The Labute approximate surface area is 89.1 Å². The van der Waals surface area contributed by atoms with Gasteiger partial charge in [-0.25, -0.2) is 0 Å². The van der Waals surface area contributed by atoms with Gasteiger partial charge in [-0.2, -0.15) is 0 Å². The second kappa shape index (κ2) is 8.87. The SMILES string of the molecule is CCCCC(CC)CCC(Cl)CC. The molecule has 2 unspecified atom stereocenters. The van der Waals surface area contributed by atoms with E-state index in [1.54, 1.807) is 0 Å². The minimum Gasteiger partial charge on any atom is -0.123 e. The number of hydrogen-bond donors (Lipinski definition) is 0. The van der Waals surface area contributed by atoms with E-state index in [4.69, 9.17) is 11.6 Å². The first-order chi connectivity index (χ1) is 6.24. The Morgan fingerprint density at radius 3 is 2.08 bits per heavy atom. The summed E-state index contributed by atoms with van der Waals surface area (Å²) in [4.78, 5) is 0. The summed E-state index contributed by atoms with van der Waals surface area (Å²) in [7, 11) is 0. The Morgan fingerprint density at radius 1 is 0.923 bits per heavy atom. The molecule has 0 aromatic rings. The zero-order valence-corrected chi connectivity index (χ0v) is 10.2. The van der Waals surface area contributed by atoms with Crippen molar-refractivity contribution in [2.45, 2.75) is 71.1 Å². The standard InChI is InChI=1S/C12H25Cl/c1-4-7-8-11(5-2)9-10-12(13)6-3/h11-12H,4-10H2,1-3H3. The number of halogens is 1. The predicted octanol–water partition coefficient (Wildman–Crippen LogP) is 5.00. The molecular weight excluding hydrogens is 180 g/mol. The van der Waals surface area contributed by atoms with Crippen molar-refractivity contribution in [2.75, 3.05) is 0 Å². The van der Waals surface area contributed by atoms with Gasteiger partial charge in [-0.15, -0.1) is 11.6 Å². The van der Waals surface area contributed by atoms with Crippen molar-refractivity contribution in [3.8, 4) is 0 Å². The van der Waals surface area contributed by atoms with Crippen molar-refractivity contribution in [2.24, 2.45) is 5.92 Å². The topological polar surface area (TPSA) is 0 Å². The van der Waals surface area contributed by atoms with E-state index < -0.39 is 0 Å². The summed E-state index contributed by atoms with van der Waals surface area (Å²) in [6.45, 7) is 6.74. The molecule has 0 radical (unpaired) electrons. The highest BCUT2D eigenvalue weighted by molar-refractivity contribution is 6.20. The van der Waals surface area contributed by atoms with E-state index in [-0.39, 0.29) is 0 Å². The van der Waals surface area contributed by atoms with Crippen molar-refractivity contribution < 1.29 is 0 Å². The second-order valence-corrected chi connectivity index (χ2v) is 4.62. The zero-order chi connectivity index (χ0) is 10.1. The summed E-state index contributed by atoms with van der Waals surface area (Å²) in [5.74, 6) is 0.924. The molecule has 0 bridgehead atoms. The maximum atomic E-state index is 6.10. The smallest absolute Gasteiger partial charge is 0.0333 e. The molecule has 1 heteroatoms. The molecule has 0 heterocycles. The molecule has 0 saturated carbocycles. The third kappa shape index (κ3) is 7.37. The van der Waals surface area contributed by atoms with Gasteiger partial charge in [-0.3, -0.25) is 0 Å². The summed E-state index contributed by atoms with van der Waals surface area (Å²) in [6.07, 6.45) is 9.10. The minimum atomic E-state index is 0.413. The molecule has 0 N–H and O–H groups in total. The summed E-state index contributed by atoms with van der Waals surface area (Å²) < 4.78 is 0. The van der Waals surface area contributed by atoms with Crippen LogP contribution in [-0.4, -0.2) is 5.38 Å². The van der Waals surface area contributed by atoms with Gasteiger partial charge in [0.15, 0.2) is 0 Å². The summed E-state index contributed by atoms with van der Waals surface area (Å²) in [6, 6.07) is 0. The lowest BCUT2D eigenvalue weighted by Crippen LogP contribution is -2.04. The fourth-order valence-electron chi connectivity index (χ4n) is 1.67. The van der Waals surface area contributed by atoms with Crippen LogP contribution in [-0.2, 0) is 0 Å². The number of alkyl halides is 1. The lowest BCUT2D eigenvalue weighted by atomic mass is 9.93. The van der Waals surface area contributed by atoms with Gasteiger partial charge in [0.05, 0.1) is 0 Å². The molecule has 0 aromatic heterocycles. The third-order valence-electron chi connectivity index (χ3n) is 2.87. The molecule has 0 nitrogen and oxygen atoms in total. The van der Waals surface area contributed by atoms with Gasteiger partial charge in [0.2, 0.25) is 0 Å². The molecule has 80 valence electrons. The molecule has 0 aliphatic rings. The molecule has 0 aliphatic carbocycles. The highest BCUT2D eigenvalue weighted by Gasteiger charge is 2.08. The van der Waals surface area contributed by atoms with Crippen LogP contribution < -0.4 is 0 Å². The number of rotatable bonds is 8. The molecule has 0 aromatic carbocycles. The van der Waals surface area contributed by atoms with Gasteiger partial charge < -0.3 is 0 Å². The van der Waals surface area contributed by atoms with E-state index in [1.807, 2.05) is 0 Å². The Bertz CT molecular complexity index is 101. The molecular formula is C12H25Cl. The largest absolute Gasteiger partial charge is 0.123 e. The van der Waals surface area contributed by atoms with Crippen molar-refractivity contribution in [1.29, 1.82) is 0 Å². The van der Waals surface area contributed by atoms with Crippen molar-refractivity contribution in [1.82, 2.24) is 0 Å². The Kier molecular flexibility index (Phi) is 9.07. The zero-order valence-electron chi connectivity index (χ0n) is 9.48. The Hall–Kier alpha value is 0.290. The quantitative estimate of drug-likeness (QED) is 0.488. The van der Waals surface area contributed by atoms with Crippen LogP contribution in [0.1, 0.15) is 65.7 Å². The molecule has 13 heavy (non-hydrogen) atoms. The van der Waals surface area contributed by atoms with E-state index in [1.165, 1.54) is 38.5 Å². The van der Waals surface area contributed by atoms with Crippen LogP contribution in [0.5, 0.6) is 0 Å². The molecule has 0 spiro atoms. The van der Waals surface area contributed by atoms with Crippen molar-refractivity contribution >= 4 is 11.6 Å². The average molecular weight is 205 g/mol. The monoisotopic (exact) mass is 204 g/mol. The van der Waals surface area contributed by atoms with Gasteiger partial charge in [-0.1, -0.05) is 46.5 Å². The lowest BCUT2D eigenvalue weighted by molar-refractivity contribution is 0.405. The first kappa shape index (κ1) is 13.3. The Morgan fingerprint density at radius 2 is 1.62 bits per heavy atom. The molecule has 0 rings (SSSR count). The first-order valence-electron chi connectivity index (χ1n) is 5.88. The third-order valence-corrected chi connectivity index (χ3v) is 3.40. The number of hydrogen-bond acceptors (Lipinski definition) is 0. The maximum absolute atomic E-state index is 6.10. The molecule has 0 saturated heterocycles. The fourth-order valence-corrected chi connectivity index (χ4v) is 1.79. The summed E-state index contributed by atoms with van der Waals surface area (Å²) in [5, 5.41) is 0.413. The highest BCUT2D eigenvalue weighted by atomic mass is 35.5. The van der Waals surface area contributed by atoms with Crippen LogP contribution >= 0.6 is 11.6 Å². The summed E-state index contributed by atoms with van der Waals surface area (Å²) in [5.41, 5.74) is 0. The summed E-state index contributed by atoms with van der Waals surface area (Å²) >= 11 is 6.10. The van der Waals surface area contributed by atoms with Crippen LogP contribution in [0.4, 0.5) is 0 Å². The predicted molar refractivity (Wildman–Crippen MR) is 62.5 cm³/mol. The van der Waals surface area contributed by atoms with Crippen LogP contribution in [0, 0.1) is 5.92 Å².